The first-order chi connectivity index (χ1) is 17.7. The number of benzene rings is 3. The second kappa shape index (κ2) is 11.5. The number of amides is 1. The Morgan fingerprint density at radius 1 is 0.946 bits per heavy atom. The van der Waals surface area contributed by atoms with E-state index >= 15 is 0 Å². The molecule has 3 aromatic carbocycles. The lowest BCUT2D eigenvalue weighted by Crippen LogP contribution is -2.39. The molecule has 0 spiro atoms. The Hall–Kier alpha value is -3.21. The highest BCUT2D eigenvalue weighted by atomic mass is 79.9. The van der Waals surface area contributed by atoms with E-state index in [-0.39, 0.29) is 4.90 Å². The van der Waals surface area contributed by atoms with Crippen molar-refractivity contribution in [2.75, 3.05) is 10.8 Å². The molecule has 4 aromatic rings. The van der Waals surface area contributed by atoms with E-state index in [2.05, 4.69) is 47.0 Å². The van der Waals surface area contributed by atoms with Crippen LogP contribution in [0.25, 0.3) is 5.69 Å². The van der Waals surface area contributed by atoms with Crippen molar-refractivity contribution in [2.24, 2.45) is 5.10 Å². The molecule has 1 heterocycles. The van der Waals surface area contributed by atoms with Crippen molar-refractivity contribution in [1.82, 2.24) is 9.99 Å². The molecule has 0 saturated carbocycles. The molecule has 7 nitrogen and oxygen atoms in total. The lowest BCUT2D eigenvalue weighted by Gasteiger charge is -2.23. The average Bonchev–Trinajstić information content (AvgIpc) is 3.15. The van der Waals surface area contributed by atoms with Crippen molar-refractivity contribution < 1.29 is 13.2 Å². The van der Waals surface area contributed by atoms with E-state index in [0.29, 0.717) is 10.2 Å². The summed E-state index contributed by atoms with van der Waals surface area (Å²) in [5, 5.41) is 4.11. The lowest BCUT2D eigenvalue weighted by molar-refractivity contribution is -0.119. The standard InChI is InChI=1S/C27H24Br2N4O3S/c1-19-14-21(20(2)33(19)25-11-7-9-23(29)16-25)17-30-31-27(34)18-32(24-10-6-8-22(28)15-24)37(35,36)26-12-4-3-5-13-26/h3-17H,18H2,1-2H3,(H,31,34)/b30-17+. The minimum Gasteiger partial charge on any atom is -0.318 e. The summed E-state index contributed by atoms with van der Waals surface area (Å²) in [5.41, 5.74) is 6.63. The zero-order chi connectivity index (χ0) is 26.6. The van der Waals surface area contributed by atoms with Gasteiger partial charge in [-0.15, -0.1) is 0 Å². The van der Waals surface area contributed by atoms with Gasteiger partial charge in [0.25, 0.3) is 15.9 Å². The first-order valence-electron chi connectivity index (χ1n) is 11.3. The number of carbonyl (C=O) groups excluding carboxylic acids is 1. The number of hydrazone groups is 1. The molecule has 10 heteroatoms. The van der Waals surface area contributed by atoms with Gasteiger partial charge in [-0.3, -0.25) is 9.10 Å². The van der Waals surface area contributed by atoms with Crippen LogP contribution in [0.4, 0.5) is 5.69 Å². The fourth-order valence-corrected chi connectivity index (χ4v) is 6.14. The smallest absolute Gasteiger partial charge is 0.264 e. The molecule has 190 valence electrons. The van der Waals surface area contributed by atoms with Crippen molar-refractivity contribution in [3.63, 3.8) is 0 Å². The van der Waals surface area contributed by atoms with Crippen LogP contribution in [-0.2, 0) is 14.8 Å². The number of hydrogen-bond donors (Lipinski definition) is 1. The number of sulfonamides is 1. The maximum atomic E-state index is 13.4. The molecule has 0 radical (unpaired) electrons. The van der Waals surface area contributed by atoms with Crippen molar-refractivity contribution in [3.05, 3.63) is 111 Å². The highest BCUT2D eigenvalue weighted by Crippen LogP contribution is 2.26. The zero-order valence-electron chi connectivity index (χ0n) is 20.1. The predicted molar refractivity (Wildman–Crippen MR) is 154 cm³/mol. The van der Waals surface area contributed by atoms with Crippen LogP contribution in [0.3, 0.4) is 0 Å². The molecule has 0 fully saturated rings. The summed E-state index contributed by atoms with van der Waals surface area (Å²) < 4.78 is 31.6. The van der Waals surface area contributed by atoms with Gasteiger partial charge in [-0.25, -0.2) is 13.8 Å². The van der Waals surface area contributed by atoms with Crippen LogP contribution in [0.2, 0.25) is 0 Å². The van der Waals surface area contributed by atoms with Gasteiger partial charge in [-0.2, -0.15) is 5.10 Å². The van der Waals surface area contributed by atoms with E-state index < -0.39 is 22.5 Å². The molecule has 0 bridgehead atoms. The number of aromatic nitrogens is 1. The lowest BCUT2D eigenvalue weighted by atomic mass is 10.2. The van der Waals surface area contributed by atoms with Gasteiger partial charge in [0.1, 0.15) is 6.54 Å². The number of hydrogen-bond acceptors (Lipinski definition) is 4. The number of halogens is 2. The van der Waals surface area contributed by atoms with Crippen LogP contribution in [0.15, 0.2) is 104 Å². The van der Waals surface area contributed by atoms with Gasteiger partial charge in [0.15, 0.2) is 0 Å². The summed E-state index contributed by atoms with van der Waals surface area (Å²) in [6.45, 7) is 3.52. The number of carbonyl (C=O) groups is 1. The van der Waals surface area contributed by atoms with Crippen molar-refractivity contribution in [1.29, 1.82) is 0 Å². The summed E-state index contributed by atoms with van der Waals surface area (Å²) in [6, 6.07) is 24.7. The van der Waals surface area contributed by atoms with Crippen molar-refractivity contribution >= 4 is 59.7 Å². The Kier molecular flexibility index (Phi) is 8.31. The Labute approximate surface area is 233 Å². The van der Waals surface area contributed by atoms with Gasteiger partial charge in [0, 0.05) is 31.6 Å². The van der Waals surface area contributed by atoms with E-state index in [1.165, 1.54) is 12.1 Å². The van der Waals surface area contributed by atoms with E-state index in [0.717, 1.165) is 31.4 Å². The molecule has 0 aliphatic carbocycles. The topological polar surface area (TPSA) is 83.8 Å². The van der Waals surface area contributed by atoms with Gasteiger partial charge in [-0.1, -0.05) is 62.2 Å². The molecular weight excluding hydrogens is 620 g/mol. The summed E-state index contributed by atoms with van der Waals surface area (Å²) >= 11 is 6.88. The quantitative estimate of drug-likeness (QED) is 0.190. The SMILES string of the molecule is Cc1cc(/C=N/NC(=O)CN(c2cccc(Br)c2)S(=O)(=O)c2ccccc2)c(C)n1-c1cccc(Br)c1. The first-order valence-corrected chi connectivity index (χ1v) is 14.3. The molecule has 1 amide bonds. The number of aryl methyl sites for hydroxylation is 1. The van der Waals surface area contributed by atoms with Crippen LogP contribution >= 0.6 is 31.9 Å². The van der Waals surface area contributed by atoms with Crippen molar-refractivity contribution in [3.8, 4) is 5.69 Å². The molecule has 0 saturated heterocycles. The fourth-order valence-electron chi connectivity index (χ4n) is 3.94. The molecule has 0 aliphatic rings. The highest BCUT2D eigenvalue weighted by molar-refractivity contribution is 9.10. The average molecular weight is 644 g/mol. The van der Waals surface area contributed by atoms with Crippen LogP contribution in [-0.4, -0.2) is 31.7 Å². The summed E-state index contributed by atoms with van der Waals surface area (Å²) in [5.74, 6) is -0.573. The molecule has 4 rings (SSSR count). The molecule has 0 atom stereocenters. The Balaban J connectivity index is 1.55. The van der Waals surface area contributed by atoms with E-state index in [1.54, 1.807) is 48.7 Å². The number of nitrogens with one attached hydrogen (secondary N) is 1. The predicted octanol–water partition coefficient (Wildman–Crippen LogP) is 5.96. The minimum atomic E-state index is -3.99. The normalized spacial score (nSPS) is 11.6. The van der Waals surface area contributed by atoms with Crippen LogP contribution in [0.5, 0.6) is 0 Å². The summed E-state index contributed by atoms with van der Waals surface area (Å²) in [7, 11) is -3.99. The summed E-state index contributed by atoms with van der Waals surface area (Å²) in [6.07, 6.45) is 1.56. The molecule has 0 unspecified atom stereocenters. The van der Waals surface area contributed by atoms with Gasteiger partial charge in [-0.05, 0) is 68.4 Å². The number of anilines is 1. The monoisotopic (exact) mass is 642 g/mol. The summed E-state index contributed by atoms with van der Waals surface area (Å²) in [4.78, 5) is 12.9. The Bertz CT molecular complexity index is 1570. The minimum absolute atomic E-state index is 0.0891. The van der Waals surface area contributed by atoms with E-state index in [9.17, 15) is 13.2 Å². The largest absolute Gasteiger partial charge is 0.318 e. The second-order valence-corrected chi connectivity index (χ2v) is 11.9. The maximum Gasteiger partial charge on any atom is 0.264 e. The van der Waals surface area contributed by atoms with Gasteiger partial charge < -0.3 is 4.57 Å². The van der Waals surface area contributed by atoms with Crippen molar-refractivity contribution in [2.45, 2.75) is 18.7 Å². The van der Waals surface area contributed by atoms with Crippen LogP contribution < -0.4 is 9.73 Å². The number of rotatable bonds is 8. The molecule has 0 aliphatic heterocycles. The number of nitrogens with zero attached hydrogens (tertiary/aromatic N) is 3. The highest BCUT2D eigenvalue weighted by Gasteiger charge is 2.27. The second-order valence-electron chi connectivity index (χ2n) is 8.24. The maximum absolute atomic E-state index is 13.4. The van der Waals surface area contributed by atoms with Crippen LogP contribution in [0.1, 0.15) is 17.0 Å². The third-order valence-electron chi connectivity index (χ3n) is 5.64. The van der Waals surface area contributed by atoms with Crippen LogP contribution in [0, 0.1) is 13.8 Å². The van der Waals surface area contributed by atoms with Gasteiger partial charge in [0.05, 0.1) is 16.8 Å². The molecule has 37 heavy (non-hydrogen) atoms. The van der Waals surface area contributed by atoms with E-state index in [4.69, 9.17) is 0 Å². The fraction of sp³-hybridized carbons (Fsp3) is 0.111. The van der Waals surface area contributed by atoms with Gasteiger partial charge >= 0.3 is 0 Å². The third-order valence-corrected chi connectivity index (χ3v) is 8.42. The van der Waals surface area contributed by atoms with Gasteiger partial charge in [0.2, 0.25) is 0 Å². The molecular formula is C27H24Br2N4O3S. The molecule has 1 aromatic heterocycles. The first kappa shape index (κ1) is 26.8. The third kappa shape index (κ3) is 6.20. The zero-order valence-corrected chi connectivity index (χ0v) is 24.1. The van der Waals surface area contributed by atoms with E-state index in [1.807, 2.05) is 44.2 Å². The Morgan fingerprint density at radius 3 is 2.30 bits per heavy atom. The molecule has 1 N–H and O–H groups in total. The Morgan fingerprint density at radius 2 is 1.62 bits per heavy atom.